The highest BCUT2D eigenvalue weighted by Gasteiger charge is 2.29. The molecule has 1 aliphatic heterocycles. The minimum Gasteiger partial charge on any atom is -0.463 e. The van der Waals surface area contributed by atoms with Crippen molar-refractivity contribution in [2.45, 2.75) is 19.9 Å². The number of nitrogens with one attached hydrogen (secondary N) is 1. The lowest BCUT2D eigenvalue weighted by Gasteiger charge is -2.07. The third kappa shape index (κ3) is 2.09. The van der Waals surface area contributed by atoms with Crippen molar-refractivity contribution in [3.63, 3.8) is 0 Å². The van der Waals surface area contributed by atoms with Crippen molar-refractivity contribution in [2.75, 3.05) is 6.61 Å². The van der Waals surface area contributed by atoms with Crippen molar-refractivity contribution < 1.29 is 9.53 Å². The van der Waals surface area contributed by atoms with Gasteiger partial charge in [-0.2, -0.15) is 10.2 Å². The highest BCUT2D eigenvalue weighted by molar-refractivity contribution is 5.99. The monoisotopic (exact) mass is 247 g/mol. The number of carbonyl (C=O) groups is 1. The lowest BCUT2D eigenvalue weighted by molar-refractivity contribution is -0.138. The van der Waals surface area contributed by atoms with Gasteiger partial charge in [-0.1, -0.05) is 0 Å². The SMILES string of the molecule is CCOC(=O)C1=C(c2ccc[nH]c2=O)N=NC1C. The minimum atomic E-state index is -0.478. The van der Waals surface area contributed by atoms with Gasteiger partial charge in [0.05, 0.1) is 17.7 Å². The van der Waals surface area contributed by atoms with Crippen molar-refractivity contribution in [2.24, 2.45) is 10.2 Å². The van der Waals surface area contributed by atoms with Gasteiger partial charge in [0.1, 0.15) is 11.7 Å². The average molecular weight is 247 g/mol. The molecule has 0 aromatic carbocycles. The molecule has 0 amide bonds. The maximum absolute atomic E-state index is 11.8. The Labute approximate surface area is 103 Å². The number of azo groups is 1. The molecule has 0 saturated heterocycles. The van der Waals surface area contributed by atoms with Gasteiger partial charge in [-0.05, 0) is 26.0 Å². The molecule has 1 aliphatic rings. The molecule has 0 saturated carbocycles. The van der Waals surface area contributed by atoms with Gasteiger partial charge in [0.15, 0.2) is 0 Å². The van der Waals surface area contributed by atoms with Gasteiger partial charge >= 0.3 is 5.97 Å². The van der Waals surface area contributed by atoms with Gasteiger partial charge in [0.25, 0.3) is 5.56 Å². The first-order valence-electron chi connectivity index (χ1n) is 5.65. The zero-order chi connectivity index (χ0) is 13.1. The summed E-state index contributed by atoms with van der Waals surface area (Å²) in [5, 5.41) is 7.83. The summed E-state index contributed by atoms with van der Waals surface area (Å²) in [5.41, 5.74) is 0.646. The normalized spacial score (nSPS) is 18.2. The molecule has 1 unspecified atom stereocenters. The second-order valence-electron chi connectivity index (χ2n) is 3.79. The van der Waals surface area contributed by atoms with Gasteiger partial charge in [0, 0.05) is 6.20 Å². The van der Waals surface area contributed by atoms with E-state index in [1.54, 1.807) is 26.0 Å². The van der Waals surface area contributed by atoms with E-state index in [9.17, 15) is 9.59 Å². The Balaban J connectivity index is 2.52. The Morgan fingerprint density at radius 2 is 2.33 bits per heavy atom. The third-order valence-electron chi connectivity index (χ3n) is 2.57. The van der Waals surface area contributed by atoms with E-state index in [0.717, 1.165) is 0 Å². The number of esters is 1. The lowest BCUT2D eigenvalue weighted by atomic mass is 10.0. The van der Waals surface area contributed by atoms with Crippen molar-refractivity contribution in [3.8, 4) is 0 Å². The molecule has 18 heavy (non-hydrogen) atoms. The number of aromatic nitrogens is 1. The minimum absolute atomic E-state index is 0.271. The third-order valence-corrected chi connectivity index (χ3v) is 2.57. The molecule has 0 spiro atoms. The molecule has 1 N–H and O–H groups in total. The van der Waals surface area contributed by atoms with E-state index in [1.165, 1.54) is 6.20 Å². The molecular weight excluding hydrogens is 234 g/mol. The van der Waals surface area contributed by atoms with Gasteiger partial charge in [0.2, 0.25) is 0 Å². The number of ether oxygens (including phenoxy) is 1. The highest BCUT2D eigenvalue weighted by Crippen LogP contribution is 2.28. The molecule has 1 aromatic heterocycles. The Bertz CT molecular complexity index is 586. The van der Waals surface area contributed by atoms with E-state index in [1.807, 2.05) is 0 Å². The largest absolute Gasteiger partial charge is 0.463 e. The average Bonchev–Trinajstić information content (AvgIpc) is 2.72. The second kappa shape index (κ2) is 4.95. The number of aromatic amines is 1. The van der Waals surface area contributed by atoms with Crippen LogP contribution in [0.3, 0.4) is 0 Å². The van der Waals surface area contributed by atoms with Crippen molar-refractivity contribution >= 4 is 11.7 Å². The van der Waals surface area contributed by atoms with E-state index in [2.05, 4.69) is 15.2 Å². The van der Waals surface area contributed by atoms with Crippen LogP contribution in [0.1, 0.15) is 19.4 Å². The summed E-state index contributed by atoms with van der Waals surface area (Å²) in [7, 11) is 0. The Morgan fingerprint density at radius 3 is 3.00 bits per heavy atom. The fourth-order valence-corrected chi connectivity index (χ4v) is 1.74. The molecule has 6 heteroatoms. The molecule has 2 heterocycles. The van der Waals surface area contributed by atoms with Gasteiger partial charge in [-0.25, -0.2) is 4.79 Å². The predicted octanol–water partition coefficient (Wildman–Crippen LogP) is 1.50. The summed E-state index contributed by atoms with van der Waals surface area (Å²) >= 11 is 0. The number of nitrogens with zero attached hydrogens (tertiary/aromatic N) is 2. The molecule has 0 fully saturated rings. The van der Waals surface area contributed by atoms with E-state index < -0.39 is 12.0 Å². The first-order chi connectivity index (χ1) is 8.65. The predicted molar refractivity (Wildman–Crippen MR) is 64.9 cm³/mol. The molecular formula is C12H13N3O3. The van der Waals surface area contributed by atoms with Crippen LogP contribution < -0.4 is 5.56 Å². The topological polar surface area (TPSA) is 83.9 Å². The highest BCUT2D eigenvalue weighted by atomic mass is 16.5. The lowest BCUT2D eigenvalue weighted by Crippen LogP contribution is -2.17. The number of carbonyl (C=O) groups excluding carboxylic acids is 1. The van der Waals surface area contributed by atoms with E-state index in [0.29, 0.717) is 16.8 Å². The molecule has 0 bridgehead atoms. The van der Waals surface area contributed by atoms with Crippen LogP contribution in [0.5, 0.6) is 0 Å². The summed E-state index contributed by atoms with van der Waals surface area (Å²) in [6.45, 7) is 3.73. The number of pyridine rings is 1. The standard InChI is InChI=1S/C12H13N3O3/c1-3-18-12(17)9-7(2)14-15-10(9)8-5-4-6-13-11(8)16/h4-7H,3H2,1-2H3,(H,13,16). The number of hydrogen-bond acceptors (Lipinski definition) is 5. The maximum atomic E-state index is 11.8. The maximum Gasteiger partial charge on any atom is 0.338 e. The van der Waals surface area contributed by atoms with Crippen molar-refractivity contribution in [1.82, 2.24) is 4.98 Å². The molecule has 2 rings (SSSR count). The fourth-order valence-electron chi connectivity index (χ4n) is 1.74. The Kier molecular flexibility index (Phi) is 3.36. The van der Waals surface area contributed by atoms with Gasteiger partial charge < -0.3 is 9.72 Å². The quantitative estimate of drug-likeness (QED) is 0.821. The van der Waals surface area contributed by atoms with Gasteiger partial charge in [-0.15, -0.1) is 0 Å². The molecule has 0 aliphatic carbocycles. The molecule has 6 nitrogen and oxygen atoms in total. The summed E-state index contributed by atoms with van der Waals surface area (Å²) in [6.07, 6.45) is 1.52. The van der Waals surface area contributed by atoms with E-state index in [4.69, 9.17) is 4.74 Å². The smallest absolute Gasteiger partial charge is 0.338 e. The molecule has 1 atom stereocenters. The van der Waals surface area contributed by atoms with Gasteiger partial charge in [-0.3, -0.25) is 4.79 Å². The van der Waals surface area contributed by atoms with Crippen LogP contribution in [0.2, 0.25) is 0 Å². The molecule has 1 aromatic rings. The van der Waals surface area contributed by atoms with Crippen LogP contribution in [0.4, 0.5) is 0 Å². The van der Waals surface area contributed by atoms with Crippen molar-refractivity contribution in [3.05, 3.63) is 39.8 Å². The Morgan fingerprint density at radius 1 is 1.56 bits per heavy atom. The summed E-state index contributed by atoms with van der Waals surface area (Å²) < 4.78 is 4.96. The number of hydrogen-bond donors (Lipinski definition) is 1. The Hall–Kier alpha value is -2.24. The zero-order valence-electron chi connectivity index (χ0n) is 10.1. The van der Waals surface area contributed by atoms with Crippen LogP contribution in [0, 0.1) is 0 Å². The number of rotatable bonds is 3. The van der Waals surface area contributed by atoms with Crippen LogP contribution >= 0.6 is 0 Å². The van der Waals surface area contributed by atoms with Crippen molar-refractivity contribution in [1.29, 1.82) is 0 Å². The molecule has 94 valence electrons. The van der Waals surface area contributed by atoms with E-state index >= 15 is 0 Å². The first-order valence-corrected chi connectivity index (χ1v) is 5.65. The zero-order valence-corrected chi connectivity index (χ0v) is 10.1. The van der Waals surface area contributed by atoms with Crippen LogP contribution in [-0.4, -0.2) is 23.6 Å². The summed E-state index contributed by atoms with van der Waals surface area (Å²) in [4.78, 5) is 26.1. The van der Waals surface area contributed by atoms with Crippen LogP contribution in [0.25, 0.3) is 5.70 Å². The fraction of sp³-hybridized carbons (Fsp3) is 0.333. The first kappa shape index (κ1) is 12.2. The number of H-pyrrole nitrogens is 1. The van der Waals surface area contributed by atoms with Crippen LogP contribution in [-0.2, 0) is 9.53 Å². The van der Waals surface area contributed by atoms with Crippen LogP contribution in [0.15, 0.2) is 38.9 Å². The second-order valence-corrected chi connectivity index (χ2v) is 3.79. The molecule has 0 radical (unpaired) electrons. The van der Waals surface area contributed by atoms with E-state index in [-0.39, 0.29) is 12.2 Å². The summed E-state index contributed by atoms with van der Waals surface area (Å²) in [5.74, 6) is -0.478. The summed E-state index contributed by atoms with van der Waals surface area (Å²) in [6, 6.07) is 2.88.